The predicted molar refractivity (Wildman–Crippen MR) is 77.9 cm³/mol. The first-order valence-electron chi connectivity index (χ1n) is 5.83. The summed E-state index contributed by atoms with van der Waals surface area (Å²) in [5, 5.41) is -0.0954. The number of halogens is 2. The summed E-state index contributed by atoms with van der Waals surface area (Å²) in [7, 11) is -3.68. The Morgan fingerprint density at radius 3 is 2.65 bits per heavy atom. The van der Waals surface area contributed by atoms with Crippen LogP contribution in [0.15, 0.2) is 41.3 Å². The van der Waals surface area contributed by atoms with E-state index >= 15 is 0 Å². The molecule has 0 spiro atoms. The number of nitrogens with two attached hydrogens (primary N) is 1. The Morgan fingerprint density at radius 2 is 1.95 bits per heavy atom. The third kappa shape index (κ3) is 2.94. The van der Waals surface area contributed by atoms with Crippen molar-refractivity contribution in [2.75, 3.05) is 5.73 Å². The third-order valence-corrected chi connectivity index (χ3v) is 5.02. The smallest absolute Gasteiger partial charge is 0.182 e. The zero-order valence-corrected chi connectivity index (χ0v) is 12.3. The van der Waals surface area contributed by atoms with Crippen molar-refractivity contribution in [3.8, 4) is 0 Å². The molecule has 0 aliphatic heterocycles. The van der Waals surface area contributed by atoms with Gasteiger partial charge in [-0.3, -0.25) is 0 Å². The van der Waals surface area contributed by atoms with E-state index in [-0.39, 0.29) is 15.5 Å². The maximum atomic E-state index is 13.8. The molecule has 0 radical (unpaired) electrons. The number of aryl methyl sites for hydroxylation is 1. The number of hydrogen-bond acceptors (Lipinski definition) is 3. The predicted octanol–water partition coefficient (Wildman–Crippen LogP) is 3.34. The van der Waals surface area contributed by atoms with Crippen LogP contribution in [0.3, 0.4) is 0 Å². The van der Waals surface area contributed by atoms with Crippen molar-refractivity contribution in [3.63, 3.8) is 0 Å². The van der Waals surface area contributed by atoms with Crippen LogP contribution in [-0.4, -0.2) is 8.42 Å². The maximum absolute atomic E-state index is 13.8. The summed E-state index contributed by atoms with van der Waals surface area (Å²) in [4.78, 5) is 0.108. The van der Waals surface area contributed by atoms with Crippen LogP contribution in [0.2, 0.25) is 5.02 Å². The molecule has 2 aromatic carbocycles. The summed E-state index contributed by atoms with van der Waals surface area (Å²) in [6.45, 7) is 1.67. The van der Waals surface area contributed by atoms with E-state index in [2.05, 4.69) is 0 Å². The van der Waals surface area contributed by atoms with E-state index in [1.807, 2.05) is 0 Å². The molecule has 0 bridgehead atoms. The van der Waals surface area contributed by atoms with Gasteiger partial charge in [0.25, 0.3) is 0 Å². The lowest BCUT2D eigenvalue weighted by Gasteiger charge is -2.10. The van der Waals surface area contributed by atoms with Gasteiger partial charge >= 0.3 is 0 Å². The molecule has 0 saturated heterocycles. The zero-order chi connectivity index (χ0) is 14.9. The molecule has 106 valence electrons. The fourth-order valence-electron chi connectivity index (χ4n) is 1.89. The van der Waals surface area contributed by atoms with E-state index in [9.17, 15) is 12.8 Å². The lowest BCUT2D eigenvalue weighted by Crippen LogP contribution is -2.09. The van der Waals surface area contributed by atoms with Crippen LogP contribution in [0.4, 0.5) is 10.1 Å². The van der Waals surface area contributed by atoms with E-state index in [1.54, 1.807) is 19.1 Å². The maximum Gasteiger partial charge on any atom is 0.182 e. The number of benzene rings is 2. The van der Waals surface area contributed by atoms with Crippen molar-refractivity contribution in [2.45, 2.75) is 17.6 Å². The minimum Gasteiger partial charge on any atom is -0.399 e. The standard InChI is InChI=1S/C14H13ClFNO2S/c1-9-5-6-11(17)7-13(9)20(18,19)8-10-3-2-4-12(15)14(10)16/h2-7H,8,17H2,1H3. The quantitative estimate of drug-likeness (QED) is 0.884. The number of nitrogen functional groups attached to an aromatic ring is 1. The van der Waals surface area contributed by atoms with E-state index < -0.39 is 21.4 Å². The van der Waals surface area contributed by atoms with Gasteiger partial charge in [-0.2, -0.15) is 0 Å². The number of anilines is 1. The van der Waals surface area contributed by atoms with Crippen molar-refractivity contribution in [1.82, 2.24) is 0 Å². The molecule has 0 fully saturated rings. The van der Waals surface area contributed by atoms with Crippen molar-refractivity contribution in [2.24, 2.45) is 0 Å². The van der Waals surface area contributed by atoms with Crippen molar-refractivity contribution in [3.05, 3.63) is 58.4 Å². The van der Waals surface area contributed by atoms with Gasteiger partial charge in [-0.25, -0.2) is 12.8 Å². The van der Waals surface area contributed by atoms with E-state index in [0.717, 1.165) is 0 Å². The van der Waals surface area contributed by atoms with Gasteiger partial charge in [0.15, 0.2) is 9.84 Å². The molecular formula is C14H13ClFNO2S. The second kappa shape index (κ2) is 5.42. The molecule has 0 atom stereocenters. The minimum absolute atomic E-state index is 0.0410. The Labute approximate surface area is 122 Å². The normalized spacial score (nSPS) is 11.6. The molecule has 0 aliphatic rings. The topological polar surface area (TPSA) is 60.2 Å². The van der Waals surface area contributed by atoms with Gasteiger partial charge < -0.3 is 5.73 Å². The van der Waals surface area contributed by atoms with Gasteiger partial charge in [0.1, 0.15) is 5.82 Å². The lowest BCUT2D eigenvalue weighted by molar-refractivity contribution is 0.586. The highest BCUT2D eigenvalue weighted by atomic mass is 35.5. The summed E-state index contributed by atoms with van der Waals surface area (Å²) in [6.07, 6.45) is 0. The Bertz CT molecular complexity index is 760. The Hall–Kier alpha value is -1.59. The molecule has 0 saturated carbocycles. The molecule has 2 rings (SSSR count). The van der Waals surface area contributed by atoms with E-state index in [4.69, 9.17) is 17.3 Å². The van der Waals surface area contributed by atoms with Crippen LogP contribution in [0.1, 0.15) is 11.1 Å². The van der Waals surface area contributed by atoms with Crippen LogP contribution in [0, 0.1) is 12.7 Å². The monoisotopic (exact) mass is 313 g/mol. The van der Waals surface area contributed by atoms with E-state index in [1.165, 1.54) is 24.3 Å². The SMILES string of the molecule is Cc1ccc(N)cc1S(=O)(=O)Cc1cccc(Cl)c1F. The molecule has 0 aliphatic carbocycles. The summed E-state index contributed by atoms with van der Waals surface area (Å²) >= 11 is 5.66. The van der Waals surface area contributed by atoms with Gasteiger partial charge in [0.05, 0.1) is 15.7 Å². The first-order chi connectivity index (χ1) is 9.31. The highest BCUT2D eigenvalue weighted by molar-refractivity contribution is 7.90. The second-order valence-corrected chi connectivity index (χ2v) is 6.86. The summed E-state index contributed by atoms with van der Waals surface area (Å²) < 4.78 is 38.6. The van der Waals surface area contributed by atoms with Crippen LogP contribution in [-0.2, 0) is 15.6 Å². The van der Waals surface area contributed by atoms with Gasteiger partial charge in [0.2, 0.25) is 0 Å². The summed E-state index contributed by atoms with van der Waals surface area (Å²) in [5.74, 6) is -1.16. The highest BCUT2D eigenvalue weighted by Gasteiger charge is 2.20. The average molecular weight is 314 g/mol. The molecule has 6 heteroatoms. The Kier molecular flexibility index (Phi) is 4.01. The second-order valence-electron chi connectivity index (χ2n) is 4.50. The number of hydrogen-bond donors (Lipinski definition) is 1. The van der Waals surface area contributed by atoms with Crippen molar-refractivity contribution >= 4 is 27.1 Å². The molecule has 0 aromatic heterocycles. The first-order valence-corrected chi connectivity index (χ1v) is 7.86. The number of sulfone groups is 1. The fourth-order valence-corrected chi connectivity index (χ4v) is 3.75. The van der Waals surface area contributed by atoms with Crippen LogP contribution >= 0.6 is 11.6 Å². The summed E-state index contributed by atoms with van der Waals surface area (Å²) in [5.41, 5.74) is 6.57. The van der Waals surface area contributed by atoms with Crippen LogP contribution in [0.5, 0.6) is 0 Å². The average Bonchev–Trinajstić information content (AvgIpc) is 2.37. The molecule has 0 amide bonds. The molecule has 2 N–H and O–H groups in total. The Balaban J connectivity index is 2.46. The van der Waals surface area contributed by atoms with Crippen molar-refractivity contribution in [1.29, 1.82) is 0 Å². The van der Waals surface area contributed by atoms with Crippen LogP contribution < -0.4 is 5.73 Å². The molecule has 2 aromatic rings. The molecular weight excluding hydrogens is 301 g/mol. The lowest BCUT2D eigenvalue weighted by atomic mass is 10.2. The molecule has 0 unspecified atom stereocenters. The number of rotatable bonds is 3. The van der Waals surface area contributed by atoms with Gasteiger partial charge in [-0.15, -0.1) is 0 Å². The summed E-state index contributed by atoms with van der Waals surface area (Å²) in [6, 6.07) is 8.92. The molecule has 0 heterocycles. The molecule has 3 nitrogen and oxygen atoms in total. The van der Waals surface area contributed by atoms with Crippen molar-refractivity contribution < 1.29 is 12.8 Å². The van der Waals surface area contributed by atoms with E-state index in [0.29, 0.717) is 11.3 Å². The van der Waals surface area contributed by atoms with Gasteiger partial charge in [0, 0.05) is 11.3 Å². The molecule has 20 heavy (non-hydrogen) atoms. The van der Waals surface area contributed by atoms with Gasteiger partial charge in [-0.1, -0.05) is 29.8 Å². The minimum atomic E-state index is -3.68. The van der Waals surface area contributed by atoms with Crippen LogP contribution in [0.25, 0.3) is 0 Å². The fraction of sp³-hybridized carbons (Fsp3) is 0.143. The zero-order valence-electron chi connectivity index (χ0n) is 10.7. The highest BCUT2D eigenvalue weighted by Crippen LogP contribution is 2.25. The Morgan fingerprint density at radius 1 is 1.25 bits per heavy atom. The van der Waals surface area contributed by atoms with Gasteiger partial charge in [-0.05, 0) is 30.7 Å². The first kappa shape index (κ1) is 14.8. The third-order valence-electron chi connectivity index (χ3n) is 2.92. The largest absolute Gasteiger partial charge is 0.399 e.